The van der Waals surface area contributed by atoms with E-state index in [-0.39, 0.29) is 17.8 Å². The van der Waals surface area contributed by atoms with Crippen LogP contribution in [0.5, 0.6) is 0 Å². The molecular formula is C20H28FN3O. The van der Waals surface area contributed by atoms with Gasteiger partial charge in [0.1, 0.15) is 5.82 Å². The molecule has 3 aliphatic heterocycles. The molecule has 1 amide bonds. The van der Waals surface area contributed by atoms with Gasteiger partial charge in [0.2, 0.25) is 5.91 Å². The van der Waals surface area contributed by atoms with Crippen molar-refractivity contribution in [3.05, 3.63) is 35.6 Å². The standard InChI is InChI=1S/C20H28FN3O/c1-22-11-16-12-24(19(25)14-23-8-3-2-4-9-23)13-18(16)20(22)15-6-5-7-17(21)10-15/h5-7,10,16,18,20H,2-4,8-9,11-14H2,1H3/t16-,18+,20-/m0/s1. The van der Waals surface area contributed by atoms with Crippen LogP contribution in [0, 0.1) is 17.7 Å². The molecule has 0 aliphatic carbocycles. The maximum Gasteiger partial charge on any atom is 0.236 e. The number of piperidine rings is 1. The third-order valence-electron chi connectivity index (χ3n) is 6.24. The van der Waals surface area contributed by atoms with Crippen molar-refractivity contribution in [2.24, 2.45) is 11.8 Å². The molecule has 0 spiro atoms. The molecule has 25 heavy (non-hydrogen) atoms. The van der Waals surface area contributed by atoms with Gasteiger partial charge in [-0.1, -0.05) is 18.6 Å². The average molecular weight is 345 g/mol. The number of benzene rings is 1. The Kier molecular flexibility index (Phi) is 4.78. The third kappa shape index (κ3) is 3.44. The molecule has 3 heterocycles. The van der Waals surface area contributed by atoms with Crippen molar-refractivity contribution in [2.45, 2.75) is 25.3 Å². The van der Waals surface area contributed by atoms with Gasteiger partial charge >= 0.3 is 0 Å². The Morgan fingerprint density at radius 3 is 2.72 bits per heavy atom. The lowest BCUT2D eigenvalue weighted by molar-refractivity contribution is -0.132. The number of halogens is 1. The van der Waals surface area contributed by atoms with Crippen LogP contribution in [-0.2, 0) is 4.79 Å². The number of nitrogens with zero attached hydrogens (tertiary/aromatic N) is 3. The van der Waals surface area contributed by atoms with Crippen molar-refractivity contribution >= 4 is 5.91 Å². The third-order valence-corrected chi connectivity index (χ3v) is 6.24. The number of hydrogen-bond acceptors (Lipinski definition) is 3. The van der Waals surface area contributed by atoms with Crippen LogP contribution in [0.25, 0.3) is 0 Å². The van der Waals surface area contributed by atoms with Crippen LogP contribution >= 0.6 is 0 Å². The van der Waals surface area contributed by atoms with Gasteiger partial charge in [-0.3, -0.25) is 14.6 Å². The van der Waals surface area contributed by atoms with Crippen molar-refractivity contribution in [3.8, 4) is 0 Å². The molecule has 0 N–H and O–H groups in total. The van der Waals surface area contributed by atoms with E-state index in [9.17, 15) is 9.18 Å². The van der Waals surface area contributed by atoms with Gasteiger partial charge in [0, 0.05) is 31.6 Å². The van der Waals surface area contributed by atoms with Crippen molar-refractivity contribution in [1.82, 2.24) is 14.7 Å². The molecule has 136 valence electrons. The Hall–Kier alpha value is -1.46. The molecule has 0 unspecified atom stereocenters. The monoisotopic (exact) mass is 345 g/mol. The topological polar surface area (TPSA) is 26.8 Å². The summed E-state index contributed by atoms with van der Waals surface area (Å²) in [5.41, 5.74) is 1.04. The van der Waals surface area contributed by atoms with Crippen LogP contribution in [0.1, 0.15) is 30.9 Å². The Labute approximate surface area is 149 Å². The Bertz CT molecular complexity index is 631. The minimum Gasteiger partial charge on any atom is -0.341 e. The fraction of sp³-hybridized carbons (Fsp3) is 0.650. The van der Waals surface area contributed by atoms with Crippen LogP contribution < -0.4 is 0 Å². The van der Waals surface area contributed by atoms with Crippen LogP contribution in [-0.4, -0.2) is 66.9 Å². The van der Waals surface area contributed by atoms with Gasteiger partial charge in [-0.15, -0.1) is 0 Å². The summed E-state index contributed by atoms with van der Waals surface area (Å²) in [6, 6.07) is 7.18. The summed E-state index contributed by atoms with van der Waals surface area (Å²) in [6.45, 7) is 5.33. The van der Waals surface area contributed by atoms with Crippen LogP contribution in [0.15, 0.2) is 24.3 Å². The van der Waals surface area contributed by atoms with E-state index in [0.717, 1.165) is 38.3 Å². The fourth-order valence-corrected chi connectivity index (χ4v) is 5.06. The normalized spacial score (nSPS) is 30.6. The van der Waals surface area contributed by atoms with Gasteiger partial charge in [0.25, 0.3) is 0 Å². The van der Waals surface area contributed by atoms with Gasteiger partial charge in [-0.2, -0.15) is 0 Å². The lowest BCUT2D eigenvalue weighted by Gasteiger charge is -2.30. The predicted molar refractivity (Wildman–Crippen MR) is 95.6 cm³/mol. The zero-order valence-corrected chi connectivity index (χ0v) is 15.0. The number of carbonyl (C=O) groups is 1. The van der Waals surface area contributed by atoms with Crippen molar-refractivity contribution in [2.75, 3.05) is 46.3 Å². The Morgan fingerprint density at radius 2 is 1.96 bits per heavy atom. The maximum atomic E-state index is 13.7. The second kappa shape index (κ2) is 7.04. The molecule has 1 aromatic carbocycles. The highest BCUT2D eigenvalue weighted by Gasteiger charge is 2.47. The largest absolute Gasteiger partial charge is 0.341 e. The van der Waals surface area contributed by atoms with E-state index in [0.29, 0.717) is 18.4 Å². The summed E-state index contributed by atoms with van der Waals surface area (Å²) in [7, 11) is 2.12. The minimum absolute atomic E-state index is 0.176. The van der Waals surface area contributed by atoms with Gasteiger partial charge in [-0.25, -0.2) is 4.39 Å². The lowest BCUT2D eigenvalue weighted by atomic mass is 9.89. The summed E-state index contributed by atoms with van der Waals surface area (Å²) >= 11 is 0. The second-order valence-corrected chi connectivity index (χ2v) is 8.00. The van der Waals surface area contributed by atoms with Gasteiger partial charge in [0.15, 0.2) is 0 Å². The molecule has 0 saturated carbocycles. The fourth-order valence-electron chi connectivity index (χ4n) is 5.06. The van der Waals surface area contributed by atoms with Crippen molar-refractivity contribution < 1.29 is 9.18 Å². The first-order chi connectivity index (χ1) is 12.1. The van der Waals surface area contributed by atoms with E-state index in [4.69, 9.17) is 0 Å². The quantitative estimate of drug-likeness (QED) is 0.842. The first kappa shape index (κ1) is 17.0. The van der Waals surface area contributed by atoms with E-state index in [1.807, 2.05) is 6.07 Å². The average Bonchev–Trinajstić information content (AvgIpc) is 3.12. The Balaban J connectivity index is 1.43. The van der Waals surface area contributed by atoms with Gasteiger partial charge in [0.05, 0.1) is 6.54 Å². The molecule has 3 aliphatic rings. The molecule has 5 heteroatoms. The SMILES string of the molecule is CN1C[C@H]2CN(C(=O)CN3CCCCC3)C[C@H]2[C@@H]1c1cccc(F)c1. The van der Waals surface area contributed by atoms with Gasteiger partial charge in [-0.05, 0) is 56.6 Å². The van der Waals surface area contributed by atoms with E-state index in [2.05, 4.69) is 21.7 Å². The molecule has 4 nitrogen and oxygen atoms in total. The summed E-state index contributed by atoms with van der Waals surface area (Å²) in [6.07, 6.45) is 3.72. The smallest absolute Gasteiger partial charge is 0.236 e. The highest BCUT2D eigenvalue weighted by Crippen LogP contribution is 2.44. The predicted octanol–water partition coefficient (Wildman–Crippen LogP) is 2.37. The summed E-state index contributed by atoms with van der Waals surface area (Å²) in [5.74, 6) is 1.02. The molecule has 0 aromatic heterocycles. The molecule has 4 rings (SSSR count). The number of rotatable bonds is 3. The van der Waals surface area contributed by atoms with Crippen LogP contribution in [0.4, 0.5) is 4.39 Å². The van der Waals surface area contributed by atoms with E-state index >= 15 is 0 Å². The number of amides is 1. The van der Waals surface area contributed by atoms with Crippen LogP contribution in [0.2, 0.25) is 0 Å². The highest BCUT2D eigenvalue weighted by molar-refractivity contribution is 5.78. The number of hydrogen-bond donors (Lipinski definition) is 0. The molecule has 0 bridgehead atoms. The van der Waals surface area contributed by atoms with Crippen molar-refractivity contribution in [1.29, 1.82) is 0 Å². The zero-order chi connectivity index (χ0) is 17.4. The molecule has 3 fully saturated rings. The second-order valence-electron chi connectivity index (χ2n) is 8.00. The molecular weight excluding hydrogens is 317 g/mol. The van der Waals surface area contributed by atoms with Gasteiger partial charge < -0.3 is 4.90 Å². The summed E-state index contributed by atoms with van der Waals surface area (Å²) in [5, 5.41) is 0. The number of carbonyl (C=O) groups excluding carboxylic acids is 1. The number of fused-ring (bicyclic) bond motifs is 1. The van der Waals surface area contributed by atoms with E-state index in [1.54, 1.807) is 12.1 Å². The maximum absolute atomic E-state index is 13.7. The van der Waals surface area contributed by atoms with Crippen molar-refractivity contribution in [3.63, 3.8) is 0 Å². The van der Waals surface area contributed by atoms with E-state index < -0.39 is 0 Å². The first-order valence-corrected chi connectivity index (χ1v) is 9.57. The highest BCUT2D eigenvalue weighted by atomic mass is 19.1. The Morgan fingerprint density at radius 1 is 1.16 bits per heavy atom. The van der Waals surface area contributed by atoms with E-state index in [1.165, 1.54) is 25.3 Å². The lowest BCUT2D eigenvalue weighted by Crippen LogP contribution is -2.42. The summed E-state index contributed by atoms with van der Waals surface area (Å²) < 4.78 is 13.7. The molecule has 3 saturated heterocycles. The molecule has 3 atom stereocenters. The molecule has 1 aromatic rings. The number of likely N-dealkylation sites (tertiary alicyclic amines) is 3. The van der Waals surface area contributed by atoms with Crippen LogP contribution in [0.3, 0.4) is 0 Å². The summed E-state index contributed by atoms with van der Waals surface area (Å²) in [4.78, 5) is 19.4. The zero-order valence-electron chi connectivity index (χ0n) is 15.0. The minimum atomic E-state index is -0.176. The molecule has 0 radical (unpaired) electrons. The first-order valence-electron chi connectivity index (χ1n) is 9.57.